The van der Waals surface area contributed by atoms with Gasteiger partial charge in [-0.2, -0.15) is 0 Å². The van der Waals surface area contributed by atoms with E-state index in [0.29, 0.717) is 19.3 Å². The van der Waals surface area contributed by atoms with E-state index in [9.17, 15) is 14.4 Å². The van der Waals surface area contributed by atoms with Gasteiger partial charge >= 0.3 is 17.9 Å². The van der Waals surface area contributed by atoms with Gasteiger partial charge in [0, 0.05) is 19.3 Å². The molecular weight excluding hydrogens is 841 g/mol. The van der Waals surface area contributed by atoms with Crippen LogP contribution in [0.2, 0.25) is 0 Å². The van der Waals surface area contributed by atoms with Crippen molar-refractivity contribution in [1.29, 1.82) is 0 Å². The molecule has 1 unspecified atom stereocenters. The van der Waals surface area contributed by atoms with Crippen LogP contribution in [0.25, 0.3) is 0 Å². The van der Waals surface area contributed by atoms with Crippen LogP contribution < -0.4 is 0 Å². The number of carbonyl (C=O) groups excluding carboxylic acids is 3. The topological polar surface area (TPSA) is 78.9 Å². The standard InChI is InChI=1S/C62H114O6/c1-4-7-10-13-15-17-19-21-22-23-24-25-26-27-28-29-30-31-32-33-34-35-36-37-38-39-40-41-43-44-46-49-52-55-61(64)67-58-59(57-66-60(63)54-51-48-12-9-6-3)68-62(65)56-53-50-47-45-42-20-18-16-14-11-8-5-2/h19,21,23-24,26-27,59H,4-18,20,22,25,28-58H2,1-3H3/b21-19-,24-23-,27-26-. The molecule has 0 rings (SSSR count). The molecule has 0 saturated carbocycles. The van der Waals surface area contributed by atoms with Gasteiger partial charge in [-0.3, -0.25) is 14.4 Å². The molecular formula is C62H114O6. The van der Waals surface area contributed by atoms with Gasteiger partial charge in [0.05, 0.1) is 0 Å². The van der Waals surface area contributed by atoms with Gasteiger partial charge in [0.1, 0.15) is 13.2 Å². The minimum atomic E-state index is -0.762. The molecule has 0 saturated heterocycles. The number of esters is 3. The Morgan fingerprint density at radius 3 is 0.824 bits per heavy atom. The second-order valence-corrected chi connectivity index (χ2v) is 20.3. The Kier molecular flexibility index (Phi) is 55.2. The fraction of sp³-hybridized carbons (Fsp3) is 0.855. The SMILES string of the molecule is CCCCCCC/C=C\C/C=C\C/C=C\CCCCCCCCCCCCCCCCCCCCC(=O)OCC(COC(=O)CCCCCCC)OC(=O)CCCCCCCCCCCCCC. The number of ether oxygens (including phenoxy) is 3. The van der Waals surface area contributed by atoms with Crippen LogP contribution >= 0.6 is 0 Å². The lowest BCUT2D eigenvalue weighted by Crippen LogP contribution is -2.30. The first kappa shape index (κ1) is 65.6. The van der Waals surface area contributed by atoms with E-state index in [-0.39, 0.29) is 31.1 Å². The van der Waals surface area contributed by atoms with Crippen molar-refractivity contribution in [2.24, 2.45) is 0 Å². The average Bonchev–Trinajstić information content (AvgIpc) is 3.34. The monoisotopic (exact) mass is 955 g/mol. The number of hydrogen-bond donors (Lipinski definition) is 0. The zero-order chi connectivity index (χ0) is 49.3. The van der Waals surface area contributed by atoms with Crippen molar-refractivity contribution < 1.29 is 28.6 Å². The molecule has 0 aromatic carbocycles. The Balaban J connectivity index is 3.87. The van der Waals surface area contributed by atoms with Crippen LogP contribution in [0.4, 0.5) is 0 Å². The van der Waals surface area contributed by atoms with E-state index in [4.69, 9.17) is 14.2 Å². The van der Waals surface area contributed by atoms with Crippen molar-refractivity contribution >= 4 is 17.9 Å². The van der Waals surface area contributed by atoms with Crippen LogP contribution in [-0.2, 0) is 28.6 Å². The van der Waals surface area contributed by atoms with Crippen molar-refractivity contribution in [2.75, 3.05) is 13.2 Å². The highest BCUT2D eigenvalue weighted by atomic mass is 16.6. The molecule has 6 heteroatoms. The molecule has 0 fully saturated rings. The zero-order valence-electron chi connectivity index (χ0n) is 45.6. The van der Waals surface area contributed by atoms with E-state index < -0.39 is 6.10 Å². The maximum atomic E-state index is 12.7. The fourth-order valence-corrected chi connectivity index (χ4v) is 8.86. The summed E-state index contributed by atoms with van der Waals surface area (Å²) in [5, 5.41) is 0. The number of allylic oxidation sites excluding steroid dienone is 6. The summed E-state index contributed by atoms with van der Waals surface area (Å²) in [6.45, 7) is 6.57. The highest BCUT2D eigenvalue weighted by Gasteiger charge is 2.19. The summed E-state index contributed by atoms with van der Waals surface area (Å²) >= 11 is 0. The summed E-state index contributed by atoms with van der Waals surface area (Å²) in [6.07, 6.45) is 69.2. The van der Waals surface area contributed by atoms with E-state index >= 15 is 0 Å². The molecule has 6 nitrogen and oxygen atoms in total. The van der Waals surface area contributed by atoms with Crippen LogP contribution in [0.15, 0.2) is 36.5 Å². The van der Waals surface area contributed by atoms with E-state index in [1.165, 1.54) is 205 Å². The van der Waals surface area contributed by atoms with Gasteiger partial charge < -0.3 is 14.2 Å². The Labute approximate surface area is 423 Å². The number of unbranched alkanes of at least 4 members (excludes halogenated alkanes) is 38. The van der Waals surface area contributed by atoms with Gasteiger partial charge in [-0.15, -0.1) is 0 Å². The van der Waals surface area contributed by atoms with Gasteiger partial charge in [-0.1, -0.05) is 282 Å². The molecule has 0 spiro atoms. The number of rotatable bonds is 55. The smallest absolute Gasteiger partial charge is 0.306 e. The summed E-state index contributed by atoms with van der Waals surface area (Å²) in [5.74, 6) is -0.866. The molecule has 0 bridgehead atoms. The molecule has 0 aliphatic heterocycles. The van der Waals surface area contributed by atoms with E-state index in [2.05, 4.69) is 57.2 Å². The van der Waals surface area contributed by atoms with Crippen LogP contribution in [0, 0.1) is 0 Å². The first-order chi connectivity index (χ1) is 33.5. The normalized spacial score (nSPS) is 12.2. The maximum absolute atomic E-state index is 12.7. The van der Waals surface area contributed by atoms with E-state index in [1.54, 1.807) is 0 Å². The van der Waals surface area contributed by atoms with Crippen LogP contribution in [-0.4, -0.2) is 37.2 Å². The quantitative estimate of drug-likeness (QED) is 0.0262. The highest BCUT2D eigenvalue weighted by Crippen LogP contribution is 2.17. The van der Waals surface area contributed by atoms with Crippen LogP contribution in [0.5, 0.6) is 0 Å². The second kappa shape index (κ2) is 57.2. The molecule has 0 radical (unpaired) electrons. The summed E-state index contributed by atoms with van der Waals surface area (Å²) < 4.78 is 16.7. The Morgan fingerprint density at radius 1 is 0.294 bits per heavy atom. The number of carbonyl (C=O) groups is 3. The first-order valence-corrected chi connectivity index (χ1v) is 30.0. The molecule has 398 valence electrons. The van der Waals surface area contributed by atoms with Gasteiger partial charge in [-0.25, -0.2) is 0 Å². The lowest BCUT2D eigenvalue weighted by molar-refractivity contribution is -0.167. The molecule has 68 heavy (non-hydrogen) atoms. The zero-order valence-corrected chi connectivity index (χ0v) is 45.6. The molecule has 0 aliphatic carbocycles. The lowest BCUT2D eigenvalue weighted by Gasteiger charge is -2.18. The van der Waals surface area contributed by atoms with Crippen molar-refractivity contribution in [2.45, 2.75) is 329 Å². The molecule has 0 aliphatic rings. The Hall–Kier alpha value is -2.37. The summed E-state index contributed by atoms with van der Waals surface area (Å²) in [6, 6.07) is 0. The Morgan fingerprint density at radius 2 is 0.529 bits per heavy atom. The van der Waals surface area contributed by atoms with Crippen molar-refractivity contribution in [1.82, 2.24) is 0 Å². The number of hydrogen-bond acceptors (Lipinski definition) is 6. The summed E-state index contributed by atoms with van der Waals surface area (Å²) in [7, 11) is 0. The molecule has 0 aromatic rings. The van der Waals surface area contributed by atoms with Crippen LogP contribution in [0.3, 0.4) is 0 Å². The summed E-state index contributed by atoms with van der Waals surface area (Å²) in [5.41, 5.74) is 0. The average molecular weight is 956 g/mol. The van der Waals surface area contributed by atoms with Gasteiger partial charge in [0.15, 0.2) is 6.10 Å². The van der Waals surface area contributed by atoms with Gasteiger partial charge in [0.2, 0.25) is 0 Å². The second-order valence-electron chi connectivity index (χ2n) is 20.3. The molecule has 0 heterocycles. The van der Waals surface area contributed by atoms with Crippen molar-refractivity contribution in [3.8, 4) is 0 Å². The predicted octanol–water partition coefficient (Wildman–Crippen LogP) is 20.0. The third-order valence-electron chi connectivity index (χ3n) is 13.4. The summed E-state index contributed by atoms with van der Waals surface area (Å²) in [4.78, 5) is 37.7. The minimum Gasteiger partial charge on any atom is -0.462 e. The lowest BCUT2D eigenvalue weighted by atomic mass is 10.0. The molecule has 0 N–H and O–H groups in total. The largest absolute Gasteiger partial charge is 0.462 e. The maximum Gasteiger partial charge on any atom is 0.306 e. The molecule has 0 amide bonds. The van der Waals surface area contributed by atoms with Gasteiger partial charge in [0.25, 0.3) is 0 Å². The third kappa shape index (κ3) is 54.6. The van der Waals surface area contributed by atoms with E-state index in [1.807, 2.05) is 0 Å². The van der Waals surface area contributed by atoms with Crippen LogP contribution in [0.1, 0.15) is 323 Å². The molecule has 0 aromatic heterocycles. The highest BCUT2D eigenvalue weighted by molar-refractivity contribution is 5.71. The van der Waals surface area contributed by atoms with E-state index in [0.717, 1.165) is 77.0 Å². The van der Waals surface area contributed by atoms with Crippen molar-refractivity contribution in [3.63, 3.8) is 0 Å². The fourth-order valence-electron chi connectivity index (χ4n) is 8.86. The third-order valence-corrected chi connectivity index (χ3v) is 13.4. The Bertz CT molecular complexity index is 1140. The minimum absolute atomic E-state index is 0.0671. The molecule has 1 atom stereocenters. The first-order valence-electron chi connectivity index (χ1n) is 30.0. The van der Waals surface area contributed by atoms with Gasteiger partial charge in [-0.05, 0) is 57.8 Å². The predicted molar refractivity (Wildman–Crippen MR) is 293 cm³/mol. The van der Waals surface area contributed by atoms with Crippen molar-refractivity contribution in [3.05, 3.63) is 36.5 Å².